The summed E-state index contributed by atoms with van der Waals surface area (Å²) in [7, 11) is 0. The average molecular weight is 248 g/mol. The van der Waals surface area contributed by atoms with Gasteiger partial charge in [-0.2, -0.15) is 0 Å². The van der Waals surface area contributed by atoms with Crippen LogP contribution in [0, 0.1) is 13.8 Å². The Balaban J connectivity index is 1.71. The van der Waals surface area contributed by atoms with Gasteiger partial charge in [-0.25, -0.2) is 0 Å². The van der Waals surface area contributed by atoms with Gasteiger partial charge in [0.2, 0.25) is 0 Å². The van der Waals surface area contributed by atoms with Gasteiger partial charge in [-0.05, 0) is 50.9 Å². The quantitative estimate of drug-likeness (QED) is 0.782. The van der Waals surface area contributed by atoms with Crippen molar-refractivity contribution in [1.29, 1.82) is 0 Å². The van der Waals surface area contributed by atoms with Crippen molar-refractivity contribution in [1.82, 2.24) is 10.6 Å². The van der Waals surface area contributed by atoms with Crippen molar-refractivity contribution in [2.24, 2.45) is 0 Å². The zero-order valence-electron chi connectivity index (χ0n) is 11.5. The minimum atomic E-state index is 0.660. The van der Waals surface area contributed by atoms with E-state index in [1.165, 1.54) is 24.0 Å². The molecule has 0 unspecified atom stereocenters. The Kier molecular flexibility index (Phi) is 5.02. The van der Waals surface area contributed by atoms with E-state index in [1.54, 1.807) is 0 Å². The molecule has 0 aliphatic carbocycles. The zero-order chi connectivity index (χ0) is 12.8. The van der Waals surface area contributed by atoms with Gasteiger partial charge < -0.3 is 15.4 Å². The molecule has 100 valence electrons. The van der Waals surface area contributed by atoms with Crippen molar-refractivity contribution in [3.63, 3.8) is 0 Å². The minimum absolute atomic E-state index is 0.660. The van der Waals surface area contributed by atoms with Gasteiger partial charge in [0.25, 0.3) is 0 Å². The summed E-state index contributed by atoms with van der Waals surface area (Å²) in [6.45, 7) is 8.14. The molecular weight excluding hydrogens is 224 g/mol. The van der Waals surface area contributed by atoms with Crippen molar-refractivity contribution in [2.45, 2.75) is 32.7 Å². The molecule has 0 amide bonds. The highest BCUT2D eigenvalue weighted by molar-refractivity contribution is 5.39. The molecule has 3 nitrogen and oxygen atoms in total. The maximum Gasteiger partial charge on any atom is 0.125 e. The normalized spacial score (nSPS) is 16.8. The van der Waals surface area contributed by atoms with E-state index >= 15 is 0 Å². The average Bonchev–Trinajstić information content (AvgIpc) is 2.38. The number of piperidine rings is 1. The second kappa shape index (κ2) is 6.76. The molecule has 0 bridgehead atoms. The van der Waals surface area contributed by atoms with E-state index in [2.05, 4.69) is 42.7 Å². The third kappa shape index (κ3) is 3.72. The second-order valence-corrected chi connectivity index (χ2v) is 5.05. The number of rotatable bonds is 5. The van der Waals surface area contributed by atoms with E-state index in [9.17, 15) is 0 Å². The Morgan fingerprint density at radius 3 is 2.56 bits per heavy atom. The van der Waals surface area contributed by atoms with E-state index in [4.69, 9.17) is 4.74 Å². The molecule has 0 atom stereocenters. The first kappa shape index (κ1) is 13.4. The first-order valence-electron chi connectivity index (χ1n) is 6.90. The van der Waals surface area contributed by atoms with E-state index in [1.807, 2.05) is 0 Å². The lowest BCUT2D eigenvalue weighted by molar-refractivity contribution is 0.289. The third-order valence-corrected chi connectivity index (χ3v) is 3.53. The number of hydrogen-bond acceptors (Lipinski definition) is 3. The third-order valence-electron chi connectivity index (χ3n) is 3.53. The molecule has 1 aromatic carbocycles. The Hall–Kier alpha value is -1.06. The lowest BCUT2D eigenvalue weighted by Crippen LogP contribution is -2.41. The van der Waals surface area contributed by atoms with Crippen molar-refractivity contribution in [3.8, 4) is 5.75 Å². The van der Waals surface area contributed by atoms with Crippen LogP contribution in [-0.4, -0.2) is 32.3 Å². The van der Waals surface area contributed by atoms with Crippen LogP contribution >= 0.6 is 0 Å². The Labute approximate surface area is 110 Å². The summed E-state index contributed by atoms with van der Waals surface area (Å²) in [4.78, 5) is 0. The lowest BCUT2D eigenvalue weighted by atomic mass is 10.1. The summed E-state index contributed by atoms with van der Waals surface area (Å²) < 4.78 is 5.88. The second-order valence-electron chi connectivity index (χ2n) is 5.05. The standard InChI is InChI=1S/C15H24N2O/c1-12-4-3-5-13(2)15(12)18-11-10-17-14-6-8-16-9-7-14/h3-5,14,16-17H,6-11H2,1-2H3. The van der Waals surface area contributed by atoms with Gasteiger partial charge in [-0.15, -0.1) is 0 Å². The van der Waals surface area contributed by atoms with Crippen LogP contribution in [0.4, 0.5) is 0 Å². The summed E-state index contributed by atoms with van der Waals surface area (Å²) in [6, 6.07) is 6.93. The molecule has 1 aromatic rings. The summed E-state index contributed by atoms with van der Waals surface area (Å²) in [5, 5.41) is 6.94. The Morgan fingerprint density at radius 2 is 1.89 bits per heavy atom. The van der Waals surface area contributed by atoms with Crippen LogP contribution in [0.2, 0.25) is 0 Å². The van der Waals surface area contributed by atoms with E-state index < -0.39 is 0 Å². The molecule has 0 radical (unpaired) electrons. The molecule has 0 saturated carbocycles. The number of nitrogens with one attached hydrogen (secondary N) is 2. The van der Waals surface area contributed by atoms with Crippen LogP contribution in [-0.2, 0) is 0 Å². The lowest BCUT2D eigenvalue weighted by Gasteiger charge is -2.24. The van der Waals surface area contributed by atoms with Gasteiger partial charge in [0, 0.05) is 12.6 Å². The highest BCUT2D eigenvalue weighted by atomic mass is 16.5. The van der Waals surface area contributed by atoms with Crippen molar-refractivity contribution >= 4 is 0 Å². The molecule has 0 aromatic heterocycles. The van der Waals surface area contributed by atoms with Crippen LogP contribution in [0.25, 0.3) is 0 Å². The first-order valence-corrected chi connectivity index (χ1v) is 6.90. The molecular formula is C15H24N2O. The first-order chi connectivity index (χ1) is 8.77. The molecule has 1 aliphatic rings. The number of para-hydroxylation sites is 1. The predicted octanol–water partition coefficient (Wildman–Crippen LogP) is 2.02. The highest BCUT2D eigenvalue weighted by Crippen LogP contribution is 2.21. The summed E-state index contributed by atoms with van der Waals surface area (Å²) in [5.41, 5.74) is 2.44. The molecule has 0 spiro atoms. The molecule has 18 heavy (non-hydrogen) atoms. The van der Waals surface area contributed by atoms with E-state index in [-0.39, 0.29) is 0 Å². The van der Waals surface area contributed by atoms with Gasteiger partial charge in [-0.3, -0.25) is 0 Å². The molecule has 1 aliphatic heterocycles. The predicted molar refractivity (Wildman–Crippen MR) is 75.3 cm³/mol. The fraction of sp³-hybridized carbons (Fsp3) is 0.600. The van der Waals surface area contributed by atoms with Gasteiger partial charge in [0.15, 0.2) is 0 Å². The van der Waals surface area contributed by atoms with Crippen LogP contribution < -0.4 is 15.4 Å². The minimum Gasteiger partial charge on any atom is -0.492 e. The Bertz CT molecular complexity index is 353. The smallest absolute Gasteiger partial charge is 0.125 e. The van der Waals surface area contributed by atoms with E-state index in [0.29, 0.717) is 6.04 Å². The summed E-state index contributed by atoms with van der Waals surface area (Å²) in [6.07, 6.45) is 2.45. The van der Waals surface area contributed by atoms with Gasteiger partial charge in [-0.1, -0.05) is 18.2 Å². The summed E-state index contributed by atoms with van der Waals surface area (Å²) >= 11 is 0. The topological polar surface area (TPSA) is 33.3 Å². The van der Waals surface area contributed by atoms with Gasteiger partial charge >= 0.3 is 0 Å². The monoisotopic (exact) mass is 248 g/mol. The van der Waals surface area contributed by atoms with Gasteiger partial charge in [0.1, 0.15) is 12.4 Å². The largest absolute Gasteiger partial charge is 0.492 e. The number of hydrogen-bond donors (Lipinski definition) is 2. The maximum absolute atomic E-state index is 5.88. The Morgan fingerprint density at radius 1 is 1.22 bits per heavy atom. The molecule has 2 rings (SSSR count). The maximum atomic E-state index is 5.88. The van der Waals surface area contributed by atoms with Crippen molar-refractivity contribution in [2.75, 3.05) is 26.2 Å². The van der Waals surface area contributed by atoms with Crippen molar-refractivity contribution < 1.29 is 4.74 Å². The molecule has 1 fully saturated rings. The fourth-order valence-corrected chi connectivity index (χ4v) is 2.47. The van der Waals surface area contributed by atoms with Crippen LogP contribution in [0.1, 0.15) is 24.0 Å². The van der Waals surface area contributed by atoms with Gasteiger partial charge in [0.05, 0.1) is 0 Å². The van der Waals surface area contributed by atoms with Crippen LogP contribution in [0.15, 0.2) is 18.2 Å². The molecule has 1 heterocycles. The highest BCUT2D eigenvalue weighted by Gasteiger charge is 2.11. The number of benzene rings is 1. The summed E-state index contributed by atoms with van der Waals surface area (Å²) in [5.74, 6) is 1.05. The molecule has 2 N–H and O–H groups in total. The van der Waals surface area contributed by atoms with Crippen molar-refractivity contribution in [3.05, 3.63) is 29.3 Å². The van der Waals surface area contributed by atoms with E-state index in [0.717, 1.165) is 32.0 Å². The fourth-order valence-electron chi connectivity index (χ4n) is 2.47. The number of ether oxygens (including phenoxy) is 1. The van der Waals surface area contributed by atoms with Crippen LogP contribution in [0.5, 0.6) is 5.75 Å². The zero-order valence-corrected chi connectivity index (χ0v) is 11.5. The molecule has 1 saturated heterocycles. The SMILES string of the molecule is Cc1cccc(C)c1OCCNC1CCNCC1. The number of aryl methyl sites for hydroxylation is 2. The van der Waals surface area contributed by atoms with Crippen LogP contribution in [0.3, 0.4) is 0 Å². The molecule has 3 heteroatoms.